The molecule has 156 valence electrons. The number of pyridine rings is 1. The third kappa shape index (κ3) is 5.76. The largest absolute Gasteiger partial charge is 0.473 e. The van der Waals surface area contributed by atoms with Crippen LogP contribution in [-0.4, -0.2) is 39.5 Å². The average molecular weight is 400 g/mol. The summed E-state index contributed by atoms with van der Waals surface area (Å²) in [6.07, 6.45) is 5.00. The number of benzene rings is 1. The Morgan fingerprint density at radius 2 is 1.76 bits per heavy atom. The number of Topliss-reactive ketones (excluding diaryl/α,β-unsaturated/α-hetero) is 1. The highest BCUT2D eigenvalue weighted by Gasteiger charge is 2.34. The van der Waals surface area contributed by atoms with Crippen LogP contribution in [0.5, 0.6) is 0 Å². The standard InChI is InChI=1S/C20H26N2O.C2H2O4/c1-4-5-8-11-21-19-14-9-6-7-10-15(14)22-16-12-20(2,3)13-17(23)18(16)19;3-1(4)2(5)6/h6-7,9-10H,4-5,8,11-13H2,1-3H3,(H,21,22);(H,3,4)(H,5,6). The third-order valence-corrected chi connectivity index (χ3v) is 4.80. The Morgan fingerprint density at radius 3 is 2.38 bits per heavy atom. The van der Waals surface area contributed by atoms with E-state index in [1.807, 2.05) is 18.2 Å². The molecule has 0 bridgehead atoms. The van der Waals surface area contributed by atoms with Crippen LogP contribution in [0.1, 0.15) is 62.5 Å². The van der Waals surface area contributed by atoms with Crippen molar-refractivity contribution in [1.82, 2.24) is 4.98 Å². The molecule has 0 radical (unpaired) electrons. The summed E-state index contributed by atoms with van der Waals surface area (Å²) in [4.78, 5) is 35.8. The lowest BCUT2D eigenvalue weighted by molar-refractivity contribution is -0.159. The van der Waals surface area contributed by atoms with Gasteiger partial charge in [0.05, 0.1) is 22.5 Å². The van der Waals surface area contributed by atoms with Crippen LogP contribution in [-0.2, 0) is 16.0 Å². The maximum Gasteiger partial charge on any atom is 0.414 e. The summed E-state index contributed by atoms with van der Waals surface area (Å²) in [7, 11) is 0. The van der Waals surface area contributed by atoms with Gasteiger partial charge in [0.1, 0.15) is 0 Å². The molecular weight excluding hydrogens is 372 g/mol. The maximum absolute atomic E-state index is 12.8. The van der Waals surface area contributed by atoms with Gasteiger partial charge in [-0.05, 0) is 24.3 Å². The minimum atomic E-state index is -1.82. The summed E-state index contributed by atoms with van der Waals surface area (Å²) in [5, 5.41) is 19.4. The lowest BCUT2D eigenvalue weighted by Crippen LogP contribution is -2.29. The molecule has 0 unspecified atom stereocenters. The van der Waals surface area contributed by atoms with Crippen molar-refractivity contribution in [3.05, 3.63) is 35.5 Å². The van der Waals surface area contributed by atoms with Gasteiger partial charge in [0.2, 0.25) is 0 Å². The lowest BCUT2D eigenvalue weighted by atomic mass is 9.75. The van der Waals surface area contributed by atoms with Crippen molar-refractivity contribution < 1.29 is 24.6 Å². The average Bonchev–Trinajstić information content (AvgIpc) is 2.63. The van der Waals surface area contributed by atoms with E-state index in [0.717, 1.165) is 47.2 Å². The van der Waals surface area contributed by atoms with E-state index in [0.29, 0.717) is 6.42 Å². The number of nitrogens with one attached hydrogen (secondary N) is 1. The molecule has 0 saturated carbocycles. The van der Waals surface area contributed by atoms with Crippen LogP contribution in [0, 0.1) is 5.41 Å². The Morgan fingerprint density at radius 1 is 1.10 bits per heavy atom. The summed E-state index contributed by atoms with van der Waals surface area (Å²) in [6.45, 7) is 7.42. The molecule has 1 aromatic heterocycles. The van der Waals surface area contributed by atoms with E-state index in [-0.39, 0.29) is 11.2 Å². The zero-order valence-electron chi connectivity index (χ0n) is 17.1. The number of hydrogen-bond acceptors (Lipinski definition) is 5. The molecule has 0 fully saturated rings. The lowest BCUT2D eigenvalue weighted by Gasteiger charge is -2.31. The Kier molecular flexibility index (Phi) is 7.31. The van der Waals surface area contributed by atoms with Gasteiger partial charge in [-0.25, -0.2) is 9.59 Å². The number of aliphatic carboxylic acids is 2. The van der Waals surface area contributed by atoms with Crippen molar-refractivity contribution in [3.8, 4) is 0 Å². The number of anilines is 1. The predicted molar refractivity (Wildman–Crippen MR) is 111 cm³/mol. The molecule has 0 atom stereocenters. The fraction of sp³-hybridized carbons (Fsp3) is 0.455. The van der Waals surface area contributed by atoms with Crippen molar-refractivity contribution in [1.29, 1.82) is 0 Å². The highest BCUT2D eigenvalue weighted by Crippen LogP contribution is 2.39. The summed E-state index contributed by atoms with van der Waals surface area (Å²) < 4.78 is 0. The van der Waals surface area contributed by atoms with Crippen molar-refractivity contribution in [2.75, 3.05) is 11.9 Å². The molecule has 0 aliphatic heterocycles. The summed E-state index contributed by atoms with van der Waals surface area (Å²) in [6, 6.07) is 8.14. The van der Waals surface area contributed by atoms with Gasteiger partial charge < -0.3 is 15.5 Å². The van der Waals surface area contributed by atoms with Crippen LogP contribution >= 0.6 is 0 Å². The Balaban J connectivity index is 0.000000438. The number of para-hydroxylation sites is 1. The fourth-order valence-electron chi connectivity index (χ4n) is 3.50. The molecule has 0 amide bonds. The highest BCUT2D eigenvalue weighted by atomic mass is 16.4. The van der Waals surface area contributed by atoms with Gasteiger partial charge in [0, 0.05) is 18.4 Å². The fourth-order valence-corrected chi connectivity index (χ4v) is 3.50. The molecule has 0 saturated heterocycles. The first-order valence-electron chi connectivity index (χ1n) is 9.81. The number of aromatic nitrogens is 1. The van der Waals surface area contributed by atoms with E-state index in [2.05, 4.69) is 32.2 Å². The zero-order valence-corrected chi connectivity index (χ0v) is 17.1. The first-order chi connectivity index (χ1) is 13.7. The Labute approximate surface area is 170 Å². The number of carbonyl (C=O) groups excluding carboxylic acids is 1. The second-order valence-electron chi connectivity index (χ2n) is 8.01. The normalized spacial score (nSPS) is 14.5. The van der Waals surface area contributed by atoms with Gasteiger partial charge >= 0.3 is 11.9 Å². The summed E-state index contributed by atoms with van der Waals surface area (Å²) >= 11 is 0. The van der Waals surface area contributed by atoms with Gasteiger partial charge in [0.25, 0.3) is 0 Å². The molecule has 0 spiro atoms. The van der Waals surface area contributed by atoms with E-state index in [1.165, 1.54) is 12.8 Å². The molecule has 7 nitrogen and oxygen atoms in total. The Hall–Kier alpha value is -2.96. The molecular formula is C22H28N2O5. The number of hydrogen-bond donors (Lipinski definition) is 3. The van der Waals surface area contributed by atoms with Crippen molar-refractivity contribution in [2.24, 2.45) is 5.41 Å². The second kappa shape index (κ2) is 9.49. The van der Waals surface area contributed by atoms with E-state index < -0.39 is 11.9 Å². The van der Waals surface area contributed by atoms with Crippen LogP contribution in [0.15, 0.2) is 24.3 Å². The molecule has 1 heterocycles. The van der Waals surface area contributed by atoms with E-state index in [9.17, 15) is 4.79 Å². The summed E-state index contributed by atoms with van der Waals surface area (Å²) in [5.41, 5.74) is 3.78. The summed E-state index contributed by atoms with van der Waals surface area (Å²) in [5.74, 6) is -3.42. The molecule has 29 heavy (non-hydrogen) atoms. The van der Waals surface area contributed by atoms with Gasteiger partial charge in [0.15, 0.2) is 5.78 Å². The van der Waals surface area contributed by atoms with E-state index in [4.69, 9.17) is 24.8 Å². The first kappa shape index (κ1) is 22.3. The van der Waals surface area contributed by atoms with Crippen LogP contribution in [0.25, 0.3) is 10.9 Å². The first-order valence-corrected chi connectivity index (χ1v) is 9.81. The molecule has 1 aromatic carbocycles. The third-order valence-electron chi connectivity index (χ3n) is 4.80. The molecule has 2 aromatic rings. The van der Waals surface area contributed by atoms with Crippen LogP contribution in [0.2, 0.25) is 0 Å². The number of unbranched alkanes of at least 4 members (excludes halogenated alkanes) is 2. The number of rotatable bonds is 5. The van der Waals surface area contributed by atoms with E-state index in [1.54, 1.807) is 0 Å². The van der Waals surface area contributed by atoms with Crippen LogP contribution < -0.4 is 5.32 Å². The monoisotopic (exact) mass is 400 g/mol. The molecule has 1 aliphatic rings. The zero-order chi connectivity index (χ0) is 21.6. The molecule has 3 N–H and O–H groups in total. The minimum absolute atomic E-state index is 0.000971. The minimum Gasteiger partial charge on any atom is -0.473 e. The quantitative estimate of drug-likeness (QED) is 0.510. The van der Waals surface area contributed by atoms with Crippen molar-refractivity contribution in [2.45, 2.75) is 52.9 Å². The predicted octanol–water partition coefficient (Wildman–Crippen LogP) is 4.15. The number of ketones is 1. The highest BCUT2D eigenvalue weighted by molar-refractivity contribution is 6.27. The van der Waals surface area contributed by atoms with Crippen LogP contribution in [0.4, 0.5) is 5.69 Å². The van der Waals surface area contributed by atoms with Gasteiger partial charge in [-0.3, -0.25) is 9.78 Å². The number of carboxylic acid groups (broad SMARTS) is 2. The SMILES string of the molecule is CCCCCNc1c2c(nc3ccccc13)CC(C)(C)CC2=O.O=C(O)C(=O)O. The molecule has 7 heteroatoms. The maximum atomic E-state index is 12.8. The number of fused-ring (bicyclic) bond motifs is 2. The number of carboxylic acids is 2. The topological polar surface area (TPSA) is 117 Å². The van der Waals surface area contributed by atoms with Gasteiger partial charge in [-0.1, -0.05) is 51.8 Å². The number of nitrogens with zero attached hydrogens (tertiary/aromatic N) is 1. The molecule has 3 rings (SSSR count). The van der Waals surface area contributed by atoms with Crippen LogP contribution in [0.3, 0.4) is 0 Å². The smallest absolute Gasteiger partial charge is 0.414 e. The van der Waals surface area contributed by atoms with Gasteiger partial charge in [-0.15, -0.1) is 0 Å². The number of carbonyl (C=O) groups is 3. The van der Waals surface area contributed by atoms with Crippen molar-refractivity contribution >= 4 is 34.3 Å². The van der Waals surface area contributed by atoms with E-state index >= 15 is 0 Å². The Bertz CT molecular complexity index is 909. The second-order valence-corrected chi connectivity index (χ2v) is 8.01. The van der Waals surface area contributed by atoms with Gasteiger partial charge in [-0.2, -0.15) is 0 Å². The van der Waals surface area contributed by atoms with Crippen molar-refractivity contribution in [3.63, 3.8) is 0 Å². The molecule has 1 aliphatic carbocycles.